The van der Waals surface area contributed by atoms with Gasteiger partial charge in [-0.1, -0.05) is 25.5 Å². The number of hydrogen-bond donors (Lipinski definition) is 1. The summed E-state index contributed by atoms with van der Waals surface area (Å²) in [4.78, 5) is 15.0. The Morgan fingerprint density at radius 3 is 2.80 bits per heavy atom. The van der Waals surface area contributed by atoms with E-state index in [-0.39, 0.29) is 17.6 Å². The van der Waals surface area contributed by atoms with Crippen molar-refractivity contribution in [3.8, 4) is 0 Å². The van der Waals surface area contributed by atoms with Crippen molar-refractivity contribution in [3.63, 3.8) is 0 Å². The van der Waals surface area contributed by atoms with Gasteiger partial charge in [-0.3, -0.25) is 4.79 Å². The zero-order valence-corrected chi connectivity index (χ0v) is 12.6. The second-order valence-corrected chi connectivity index (χ2v) is 6.67. The van der Waals surface area contributed by atoms with E-state index in [0.29, 0.717) is 5.92 Å². The molecule has 0 bridgehead atoms. The highest BCUT2D eigenvalue weighted by Crippen LogP contribution is 2.43. The smallest absolute Gasteiger partial charge is 0.258 e. The van der Waals surface area contributed by atoms with Crippen LogP contribution in [0.4, 0.5) is 5.69 Å². The molecule has 1 amide bonds. The Morgan fingerprint density at radius 1 is 1.35 bits per heavy atom. The molecule has 108 valence electrons. The van der Waals surface area contributed by atoms with Gasteiger partial charge in [0.2, 0.25) is 0 Å². The van der Waals surface area contributed by atoms with Crippen molar-refractivity contribution < 1.29 is 4.79 Å². The predicted molar refractivity (Wildman–Crippen MR) is 81.7 cm³/mol. The Labute approximate surface area is 121 Å². The Hall–Kier alpha value is -1.51. The lowest BCUT2D eigenvalue weighted by molar-refractivity contribution is 0.0201. The van der Waals surface area contributed by atoms with Gasteiger partial charge in [-0.25, -0.2) is 0 Å². The van der Waals surface area contributed by atoms with E-state index in [4.69, 9.17) is 0 Å². The summed E-state index contributed by atoms with van der Waals surface area (Å²) in [6.45, 7) is 6.54. The normalized spacial score (nSPS) is 29.5. The summed E-state index contributed by atoms with van der Waals surface area (Å²) in [5, 5.41) is 3.71. The summed E-state index contributed by atoms with van der Waals surface area (Å²) in [5.74, 6) is 0.846. The molecule has 1 heterocycles. The summed E-state index contributed by atoms with van der Waals surface area (Å²) in [6.07, 6.45) is 4.55. The Kier molecular flexibility index (Phi) is 3.23. The van der Waals surface area contributed by atoms with Gasteiger partial charge in [-0.05, 0) is 51.2 Å². The third kappa shape index (κ3) is 2.00. The van der Waals surface area contributed by atoms with Gasteiger partial charge >= 0.3 is 0 Å². The number of fused-ring (bicyclic) bond motifs is 1. The van der Waals surface area contributed by atoms with E-state index >= 15 is 0 Å². The molecule has 20 heavy (non-hydrogen) atoms. The number of rotatable bonds is 1. The van der Waals surface area contributed by atoms with E-state index < -0.39 is 0 Å². The van der Waals surface area contributed by atoms with Crippen LogP contribution in [-0.4, -0.2) is 22.5 Å². The van der Waals surface area contributed by atoms with Crippen molar-refractivity contribution in [2.45, 2.75) is 58.2 Å². The summed E-state index contributed by atoms with van der Waals surface area (Å²) in [6, 6.07) is 8.13. The minimum Gasteiger partial charge on any atom is -0.362 e. The first-order valence-electron chi connectivity index (χ1n) is 7.74. The molecule has 1 aliphatic heterocycles. The number of para-hydroxylation sites is 1. The number of anilines is 1. The van der Waals surface area contributed by atoms with E-state index in [9.17, 15) is 4.79 Å². The second kappa shape index (κ2) is 4.80. The van der Waals surface area contributed by atoms with E-state index in [2.05, 4.69) is 31.0 Å². The molecule has 1 saturated carbocycles. The third-order valence-electron chi connectivity index (χ3n) is 4.69. The van der Waals surface area contributed by atoms with Gasteiger partial charge in [-0.15, -0.1) is 0 Å². The zero-order valence-electron chi connectivity index (χ0n) is 12.6. The maximum Gasteiger partial charge on any atom is 0.258 e. The zero-order chi connectivity index (χ0) is 14.3. The molecule has 3 heteroatoms. The molecule has 0 aromatic heterocycles. The molecule has 2 atom stereocenters. The van der Waals surface area contributed by atoms with Gasteiger partial charge in [-0.2, -0.15) is 0 Å². The van der Waals surface area contributed by atoms with Crippen LogP contribution < -0.4 is 5.32 Å². The fraction of sp³-hybridized carbons (Fsp3) is 0.588. The number of carbonyl (C=O) groups excluding carboxylic acids is 1. The first kappa shape index (κ1) is 13.5. The van der Waals surface area contributed by atoms with Crippen LogP contribution in [0.1, 0.15) is 56.8 Å². The van der Waals surface area contributed by atoms with Crippen molar-refractivity contribution in [2.24, 2.45) is 5.92 Å². The van der Waals surface area contributed by atoms with Gasteiger partial charge in [0.25, 0.3) is 5.91 Å². The lowest BCUT2D eigenvalue weighted by atomic mass is 9.78. The van der Waals surface area contributed by atoms with E-state index in [1.165, 1.54) is 12.8 Å². The van der Waals surface area contributed by atoms with Crippen LogP contribution in [0.5, 0.6) is 0 Å². The van der Waals surface area contributed by atoms with Crippen LogP contribution in [0.3, 0.4) is 0 Å². The molecular weight excluding hydrogens is 248 g/mol. The average Bonchev–Trinajstić information content (AvgIpc) is 2.38. The maximum absolute atomic E-state index is 12.9. The monoisotopic (exact) mass is 272 g/mol. The van der Waals surface area contributed by atoms with Crippen LogP contribution in [0.15, 0.2) is 24.3 Å². The highest BCUT2D eigenvalue weighted by Gasteiger charge is 2.47. The highest BCUT2D eigenvalue weighted by atomic mass is 16.2. The second-order valence-electron chi connectivity index (χ2n) is 6.67. The largest absolute Gasteiger partial charge is 0.362 e. The van der Waals surface area contributed by atoms with Crippen LogP contribution in [0, 0.1) is 5.92 Å². The van der Waals surface area contributed by atoms with Gasteiger partial charge in [0, 0.05) is 11.7 Å². The first-order chi connectivity index (χ1) is 9.53. The van der Waals surface area contributed by atoms with Crippen LogP contribution in [-0.2, 0) is 0 Å². The van der Waals surface area contributed by atoms with Gasteiger partial charge in [0.1, 0.15) is 5.66 Å². The lowest BCUT2D eigenvalue weighted by Crippen LogP contribution is -2.63. The molecule has 0 saturated heterocycles. The third-order valence-corrected chi connectivity index (χ3v) is 4.69. The average molecular weight is 272 g/mol. The molecule has 3 rings (SSSR count). The molecule has 2 aliphatic rings. The van der Waals surface area contributed by atoms with Crippen molar-refractivity contribution in [3.05, 3.63) is 29.8 Å². The number of carbonyl (C=O) groups is 1. The standard InChI is InChI=1S/C17H24N2O/c1-12(2)19-16(20)14-8-4-5-9-15(14)18-17(19)10-6-7-13(3)11-17/h4-5,8-9,12-13,18H,6-7,10-11H2,1-3H3. The molecule has 1 N–H and O–H groups in total. The van der Waals surface area contributed by atoms with E-state index in [0.717, 1.165) is 24.1 Å². The molecule has 1 spiro atoms. The van der Waals surface area contributed by atoms with Crippen LogP contribution >= 0.6 is 0 Å². The number of benzene rings is 1. The van der Waals surface area contributed by atoms with Crippen molar-refractivity contribution in [1.82, 2.24) is 4.90 Å². The van der Waals surface area contributed by atoms with Gasteiger partial charge in [0.15, 0.2) is 0 Å². The fourth-order valence-electron chi connectivity index (χ4n) is 4.00. The van der Waals surface area contributed by atoms with Crippen molar-refractivity contribution >= 4 is 11.6 Å². The minimum absolute atomic E-state index is 0.183. The maximum atomic E-state index is 12.9. The van der Waals surface area contributed by atoms with Gasteiger partial charge < -0.3 is 10.2 Å². The van der Waals surface area contributed by atoms with E-state index in [1.54, 1.807) is 0 Å². The molecule has 1 aliphatic carbocycles. The number of nitrogens with one attached hydrogen (secondary N) is 1. The van der Waals surface area contributed by atoms with Crippen molar-refractivity contribution in [2.75, 3.05) is 5.32 Å². The number of nitrogens with zero attached hydrogens (tertiary/aromatic N) is 1. The Bertz CT molecular complexity index is 525. The Morgan fingerprint density at radius 2 is 2.10 bits per heavy atom. The topological polar surface area (TPSA) is 32.3 Å². The first-order valence-corrected chi connectivity index (χ1v) is 7.74. The summed E-state index contributed by atoms with van der Waals surface area (Å²) in [5.41, 5.74) is 1.63. The molecular formula is C17H24N2O. The lowest BCUT2D eigenvalue weighted by Gasteiger charge is -2.53. The van der Waals surface area contributed by atoms with Crippen LogP contribution in [0.2, 0.25) is 0 Å². The highest BCUT2D eigenvalue weighted by molar-refractivity contribution is 6.02. The summed E-state index contributed by atoms with van der Waals surface area (Å²) >= 11 is 0. The minimum atomic E-state index is -0.183. The molecule has 2 unspecified atom stereocenters. The van der Waals surface area contributed by atoms with Gasteiger partial charge in [0.05, 0.1) is 5.56 Å². The SMILES string of the molecule is CC1CCCC2(C1)Nc1ccccc1C(=O)N2C(C)C. The molecule has 1 aromatic rings. The Balaban J connectivity index is 2.07. The molecule has 1 aromatic carbocycles. The molecule has 1 fully saturated rings. The molecule has 3 nitrogen and oxygen atoms in total. The number of hydrogen-bond acceptors (Lipinski definition) is 2. The van der Waals surface area contributed by atoms with E-state index in [1.807, 2.05) is 24.3 Å². The summed E-state index contributed by atoms with van der Waals surface area (Å²) in [7, 11) is 0. The summed E-state index contributed by atoms with van der Waals surface area (Å²) < 4.78 is 0. The quantitative estimate of drug-likeness (QED) is 0.841. The fourth-order valence-corrected chi connectivity index (χ4v) is 4.00. The van der Waals surface area contributed by atoms with Crippen molar-refractivity contribution in [1.29, 1.82) is 0 Å². The predicted octanol–water partition coefficient (Wildman–Crippen LogP) is 3.87. The molecule has 0 radical (unpaired) electrons. The van der Waals surface area contributed by atoms with Crippen LogP contribution in [0.25, 0.3) is 0 Å². The number of amides is 1.